The Bertz CT molecular complexity index is 375. The molecule has 0 saturated heterocycles. The van der Waals surface area contributed by atoms with Crippen LogP contribution in [0.4, 0.5) is 0 Å². The fourth-order valence-electron chi connectivity index (χ4n) is 1.53. The van der Waals surface area contributed by atoms with E-state index in [9.17, 15) is 0 Å². The number of thiazole rings is 1. The lowest BCUT2D eigenvalue weighted by molar-refractivity contribution is 0.578. The van der Waals surface area contributed by atoms with E-state index < -0.39 is 0 Å². The lowest BCUT2D eigenvalue weighted by Crippen LogP contribution is -2.29. The van der Waals surface area contributed by atoms with Crippen molar-refractivity contribution >= 4 is 29.1 Å². The molecule has 0 unspecified atom stereocenters. The van der Waals surface area contributed by atoms with Crippen molar-refractivity contribution in [3.63, 3.8) is 0 Å². The summed E-state index contributed by atoms with van der Waals surface area (Å²) < 4.78 is 0.863. The van der Waals surface area contributed by atoms with E-state index in [0.29, 0.717) is 6.04 Å². The largest absolute Gasteiger partial charge is 0.337 e. The van der Waals surface area contributed by atoms with Gasteiger partial charge in [0.2, 0.25) is 0 Å². The monoisotopic (exact) mass is 212 g/mol. The molecule has 0 aliphatic carbocycles. The minimum Gasteiger partial charge on any atom is -0.337 e. The highest BCUT2D eigenvalue weighted by atomic mass is 32.1. The van der Waals surface area contributed by atoms with Crippen molar-refractivity contribution in [3.8, 4) is 0 Å². The van der Waals surface area contributed by atoms with Gasteiger partial charge in [-0.05, 0) is 31.1 Å². The van der Waals surface area contributed by atoms with Crippen LogP contribution in [0.3, 0.4) is 0 Å². The molecule has 1 aromatic heterocycles. The van der Waals surface area contributed by atoms with Crippen LogP contribution >= 0.6 is 23.6 Å². The second-order valence-electron chi connectivity index (χ2n) is 3.30. The third-order valence-electron chi connectivity index (χ3n) is 2.21. The molecule has 2 N–H and O–H groups in total. The molecule has 1 atom stereocenters. The van der Waals surface area contributed by atoms with E-state index in [1.807, 2.05) is 0 Å². The van der Waals surface area contributed by atoms with Gasteiger partial charge in [0.1, 0.15) is 0 Å². The number of H-pyrrole nitrogens is 1. The zero-order valence-electron chi connectivity index (χ0n) is 7.46. The molecular formula is C9H12N2S2. The van der Waals surface area contributed by atoms with Crippen molar-refractivity contribution in [2.45, 2.75) is 19.4 Å². The SMILES string of the molecule is C[C@@H]1CC(c2csc(=S)[nH]2)=CCN1. The molecule has 2 nitrogen and oxygen atoms in total. The van der Waals surface area contributed by atoms with E-state index in [2.05, 4.69) is 28.7 Å². The fraction of sp³-hybridized carbons (Fsp3) is 0.444. The summed E-state index contributed by atoms with van der Waals surface area (Å²) in [4.78, 5) is 3.20. The summed E-state index contributed by atoms with van der Waals surface area (Å²) in [6.45, 7) is 3.17. The summed E-state index contributed by atoms with van der Waals surface area (Å²) in [5.41, 5.74) is 2.59. The predicted molar refractivity (Wildman–Crippen MR) is 59.6 cm³/mol. The molecule has 13 heavy (non-hydrogen) atoms. The predicted octanol–water partition coefficient (Wildman–Crippen LogP) is 2.57. The summed E-state index contributed by atoms with van der Waals surface area (Å²) in [6, 6.07) is 0.571. The molecule has 0 saturated carbocycles. The zero-order chi connectivity index (χ0) is 9.26. The Morgan fingerprint density at radius 3 is 3.08 bits per heavy atom. The van der Waals surface area contributed by atoms with E-state index in [1.165, 1.54) is 11.3 Å². The van der Waals surface area contributed by atoms with Crippen LogP contribution in [0.25, 0.3) is 5.57 Å². The van der Waals surface area contributed by atoms with Crippen molar-refractivity contribution in [2.24, 2.45) is 0 Å². The van der Waals surface area contributed by atoms with Gasteiger partial charge < -0.3 is 10.3 Å². The van der Waals surface area contributed by atoms with E-state index in [0.717, 1.165) is 16.9 Å². The summed E-state index contributed by atoms with van der Waals surface area (Å²) in [5, 5.41) is 5.48. The average molecular weight is 212 g/mol. The smallest absolute Gasteiger partial charge is 0.158 e. The van der Waals surface area contributed by atoms with Gasteiger partial charge in [-0.1, -0.05) is 6.08 Å². The number of hydrogen-bond donors (Lipinski definition) is 2. The van der Waals surface area contributed by atoms with E-state index >= 15 is 0 Å². The highest BCUT2D eigenvalue weighted by molar-refractivity contribution is 7.73. The molecule has 4 heteroatoms. The highest BCUT2D eigenvalue weighted by Gasteiger charge is 2.12. The molecule has 0 bridgehead atoms. The first-order valence-electron chi connectivity index (χ1n) is 4.36. The molecule has 70 valence electrons. The molecule has 2 heterocycles. The molecular weight excluding hydrogens is 200 g/mol. The van der Waals surface area contributed by atoms with Gasteiger partial charge in [0.25, 0.3) is 0 Å². The van der Waals surface area contributed by atoms with Gasteiger partial charge in [-0.25, -0.2) is 0 Å². The second kappa shape index (κ2) is 3.74. The van der Waals surface area contributed by atoms with Crippen molar-refractivity contribution < 1.29 is 0 Å². The Morgan fingerprint density at radius 2 is 2.46 bits per heavy atom. The minimum atomic E-state index is 0.571. The van der Waals surface area contributed by atoms with Gasteiger partial charge in [-0.15, -0.1) is 11.3 Å². The molecule has 0 spiro atoms. The Kier molecular flexibility index (Phi) is 2.62. The van der Waals surface area contributed by atoms with Crippen LogP contribution < -0.4 is 5.32 Å². The molecule has 0 aromatic carbocycles. The number of aromatic nitrogens is 1. The van der Waals surface area contributed by atoms with Crippen molar-refractivity contribution in [2.75, 3.05) is 6.54 Å². The Hall–Kier alpha value is -0.450. The molecule has 0 radical (unpaired) electrons. The van der Waals surface area contributed by atoms with Crippen molar-refractivity contribution in [3.05, 3.63) is 21.1 Å². The Morgan fingerprint density at radius 1 is 1.62 bits per heavy atom. The summed E-state index contributed by atoms with van der Waals surface area (Å²) >= 11 is 6.65. The first-order chi connectivity index (χ1) is 6.25. The third-order valence-corrected chi connectivity index (χ3v) is 3.27. The van der Waals surface area contributed by atoms with Gasteiger partial charge >= 0.3 is 0 Å². The molecule has 1 aliphatic heterocycles. The van der Waals surface area contributed by atoms with Crippen LogP contribution in [0.15, 0.2) is 11.5 Å². The maximum atomic E-state index is 5.05. The number of hydrogen-bond acceptors (Lipinski definition) is 3. The normalized spacial score (nSPS) is 22.8. The zero-order valence-corrected chi connectivity index (χ0v) is 9.10. The van der Waals surface area contributed by atoms with E-state index in [-0.39, 0.29) is 0 Å². The Balaban J connectivity index is 2.26. The lowest BCUT2D eigenvalue weighted by Gasteiger charge is -2.19. The summed E-state index contributed by atoms with van der Waals surface area (Å²) in [6.07, 6.45) is 3.31. The first kappa shape index (κ1) is 9.12. The summed E-state index contributed by atoms with van der Waals surface area (Å²) in [7, 11) is 0. The van der Waals surface area contributed by atoms with Crippen LogP contribution in [-0.4, -0.2) is 17.6 Å². The lowest BCUT2D eigenvalue weighted by atomic mass is 10.0. The highest BCUT2D eigenvalue weighted by Crippen LogP contribution is 2.22. The Labute approximate surface area is 86.7 Å². The summed E-state index contributed by atoms with van der Waals surface area (Å²) in [5.74, 6) is 0. The number of rotatable bonds is 1. The maximum Gasteiger partial charge on any atom is 0.158 e. The maximum absolute atomic E-state index is 5.05. The molecule has 2 rings (SSSR count). The van der Waals surface area contributed by atoms with Crippen molar-refractivity contribution in [1.29, 1.82) is 0 Å². The quantitative estimate of drug-likeness (QED) is 0.700. The van der Waals surface area contributed by atoms with E-state index in [4.69, 9.17) is 12.2 Å². The van der Waals surface area contributed by atoms with Crippen LogP contribution in [0.1, 0.15) is 19.0 Å². The third kappa shape index (κ3) is 2.07. The van der Waals surface area contributed by atoms with Crippen LogP contribution in [0.2, 0.25) is 0 Å². The molecule has 1 aromatic rings. The average Bonchev–Trinajstić information content (AvgIpc) is 2.52. The van der Waals surface area contributed by atoms with Crippen LogP contribution in [0.5, 0.6) is 0 Å². The van der Waals surface area contributed by atoms with Gasteiger partial charge in [-0.2, -0.15) is 0 Å². The number of nitrogens with one attached hydrogen (secondary N) is 2. The first-order valence-corrected chi connectivity index (χ1v) is 5.65. The molecule has 0 amide bonds. The topological polar surface area (TPSA) is 27.8 Å². The van der Waals surface area contributed by atoms with Gasteiger partial charge in [-0.3, -0.25) is 0 Å². The van der Waals surface area contributed by atoms with E-state index in [1.54, 1.807) is 11.3 Å². The van der Waals surface area contributed by atoms with Crippen LogP contribution in [-0.2, 0) is 0 Å². The van der Waals surface area contributed by atoms with Gasteiger partial charge in [0.05, 0.1) is 5.69 Å². The van der Waals surface area contributed by atoms with Gasteiger partial charge in [0, 0.05) is 18.0 Å². The van der Waals surface area contributed by atoms with Crippen LogP contribution in [0, 0.1) is 3.95 Å². The molecule has 0 fully saturated rings. The molecule has 1 aliphatic rings. The second-order valence-corrected chi connectivity index (χ2v) is 4.85. The van der Waals surface area contributed by atoms with Gasteiger partial charge in [0.15, 0.2) is 3.95 Å². The van der Waals surface area contributed by atoms with Crippen molar-refractivity contribution in [1.82, 2.24) is 10.3 Å². The standard InChI is InChI=1S/C9H12N2S2/c1-6-4-7(2-3-10-6)8-5-13-9(12)11-8/h2,5-6,10H,3-4H2,1H3,(H,11,12)/t6-/m1/s1. The minimum absolute atomic E-state index is 0.571. The fourth-order valence-corrected chi connectivity index (χ4v) is 2.38. The number of aromatic amines is 1.